The largest absolute Gasteiger partial charge is 0.447 e. The number of nitrogens with zero attached hydrogens (tertiary/aromatic N) is 3. The molecule has 0 radical (unpaired) electrons. The molecule has 0 saturated heterocycles. The molecule has 0 fully saturated rings. The van der Waals surface area contributed by atoms with Gasteiger partial charge in [0, 0.05) is 24.2 Å². The number of nitrogens with one attached hydrogen (secondary N) is 1. The van der Waals surface area contributed by atoms with Gasteiger partial charge in [0.2, 0.25) is 5.89 Å². The molecule has 1 aromatic carbocycles. The Morgan fingerprint density at radius 1 is 1.06 bits per heavy atom. The molecule has 0 spiro atoms. The van der Waals surface area contributed by atoms with Gasteiger partial charge >= 0.3 is 0 Å². The second-order valence-electron chi connectivity index (χ2n) is 6.98. The van der Waals surface area contributed by atoms with E-state index in [-0.39, 0.29) is 17.4 Å². The van der Waals surface area contributed by atoms with Gasteiger partial charge in [0.1, 0.15) is 12.1 Å². The van der Waals surface area contributed by atoms with E-state index >= 15 is 0 Å². The van der Waals surface area contributed by atoms with Gasteiger partial charge in [-0.1, -0.05) is 24.3 Å². The van der Waals surface area contributed by atoms with Gasteiger partial charge < -0.3 is 9.73 Å². The molecule has 0 unspecified atom stereocenters. The number of oxazole rings is 1. The zero-order valence-electron chi connectivity index (χ0n) is 16.7. The molecule has 3 heterocycles. The number of hydrogen-bond donors (Lipinski definition) is 1. The van der Waals surface area contributed by atoms with Gasteiger partial charge in [-0.05, 0) is 41.3 Å². The van der Waals surface area contributed by atoms with Crippen molar-refractivity contribution < 1.29 is 13.6 Å². The molecule has 0 atom stereocenters. The quantitative estimate of drug-likeness (QED) is 0.421. The van der Waals surface area contributed by atoms with Crippen LogP contribution in [-0.4, -0.2) is 20.8 Å². The zero-order chi connectivity index (χ0) is 21.5. The first kappa shape index (κ1) is 20.9. The predicted molar refractivity (Wildman–Crippen MR) is 116 cm³/mol. The van der Waals surface area contributed by atoms with Crippen molar-refractivity contribution in [2.24, 2.45) is 0 Å². The molecule has 0 aliphatic carbocycles. The number of halogens is 1. The molecule has 4 aromatic rings. The van der Waals surface area contributed by atoms with Gasteiger partial charge in [-0.15, -0.1) is 11.3 Å². The van der Waals surface area contributed by atoms with E-state index in [0.29, 0.717) is 32.1 Å². The van der Waals surface area contributed by atoms with E-state index in [2.05, 4.69) is 26.3 Å². The molecule has 158 valence electrons. The summed E-state index contributed by atoms with van der Waals surface area (Å²) in [6.45, 7) is 2.03. The third-order valence-electron chi connectivity index (χ3n) is 4.58. The summed E-state index contributed by atoms with van der Waals surface area (Å²) < 4.78 is 18.8. The lowest BCUT2D eigenvalue weighted by Gasteiger charge is -2.20. The lowest BCUT2D eigenvalue weighted by atomic mass is 10.2. The average Bonchev–Trinajstić information content (AvgIpc) is 3.47. The van der Waals surface area contributed by atoms with E-state index in [9.17, 15) is 9.18 Å². The molecule has 4 rings (SSSR count). The van der Waals surface area contributed by atoms with E-state index in [1.54, 1.807) is 29.7 Å². The minimum absolute atomic E-state index is 0.226. The Labute approximate surface area is 183 Å². The molecule has 8 heteroatoms. The summed E-state index contributed by atoms with van der Waals surface area (Å²) in [5.74, 6) is -0.131. The lowest BCUT2D eigenvalue weighted by molar-refractivity contribution is 0.0945. The molecular weight excluding hydrogens is 415 g/mol. The first-order chi connectivity index (χ1) is 15.2. The number of amides is 1. The molecule has 3 aromatic heterocycles. The third-order valence-corrected chi connectivity index (χ3v) is 5.44. The van der Waals surface area contributed by atoms with Gasteiger partial charge in [0.25, 0.3) is 5.91 Å². The average molecular weight is 437 g/mol. The highest BCUT2D eigenvalue weighted by atomic mass is 32.1. The number of carbonyl (C=O) groups is 1. The van der Waals surface area contributed by atoms with Crippen molar-refractivity contribution >= 4 is 17.2 Å². The second kappa shape index (κ2) is 10.1. The SMILES string of the molecule is O=C(NCc1ccccn1)c1coc(CN(Cc2ccc(F)cc2)Cc2cccs2)n1. The molecule has 1 amide bonds. The molecule has 1 N–H and O–H groups in total. The molecule has 0 saturated carbocycles. The van der Waals surface area contributed by atoms with Crippen LogP contribution >= 0.6 is 11.3 Å². The van der Waals surface area contributed by atoms with Crippen LogP contribution < -0.4 is 5.32 Å². The van der Waals surface area contributed by atoms with E-state index in [1.165, 1.54) is 23.3 Å². The summed E-state index contributed by atoms with van der Waals surface area (Å²) >= 11 is 1.67. The summed E-state index contributed by atoms with van der Waals surface area (Å²) in [6, 6.07) is 16.0. The summed E-state index contributed by atoms with van der Waals surface area (Å²) in [5, 5.41) is 4.82. The number of hydrogen-bond acceptors (Lipinski definition) is 6. The minimum atomic E-state index is -0.316. The van der Waals surface area contributed by atoms with Crippen LogP contribution in [0.15, 0.2) is 76.9 Å². The van der Waals surface area contributed by atoms with Crippen molar-refractivity contribution in [3.05, 3.63) is 106 Å². The van der Waals surface area contributed by atoms with E-state index < -0.39 is 0 Å². The Morgan fingerprint density at radius 3 is 2.68 bits per heavy atom. The van der Waals surface area contributed by atoms with Crippen LogP contribution in [0.3, 0.4) is 0 Å². The van der Waals surface area contributed by atoms with Crippen LogP contribution in [0.5, 0.6) is 0 Å². The first-order valence-electron chi connectivity index (χ1n) is 9.77. The van der Waals surface area contributed by atoms with E-state index in [4.69, 9.17) is 4.42 Å². The Balaban J connectivity index is 1.41. The van der Waals surface area contributed by atoms with E-state index in [1.807, 2.05) is 29.6 Å². The van der Waals surface area contributed by atoms with Crippen molar-refractivity contribution in [1.82, 2.24) is 20.2 Å². The van der Waals surface area contributed by atoms with Gasteiger partial charge in [0.15, 0.2) is 5.69 Å². The monoisotopic (exact) mass is 436 g/mol. The van der Waals surface area contributed by atoms with Crippen LogP contribution in [0.25, 0.3) is 0 Å². The molecule has 6 nitrogen and oxygen atoms in total. The number of aromatic nitrogens is 2. The zero-order valence-corrected chi connectivity index (χ0v) is 17.5. The Kier molecular flexibility index (Phi) is 6.81. The molecule has 0 aliphatic rings. The molecule has 0 bridgehead atoms. The second-order valence-corrected chi connectivity index (χ2v) is 8.01. The first-order valence-corrected chi connectivity index (χ1v) is 10.7. The number of pyridine rings is 1. The highest BCUT2D eigenvalue weighted by molar-refractivity contribution is 7.09. The fourth-order valence-corrected chi connectivity index (χ4v) is 3.83. The van der Waals surface area contributed by atoms with Crippen molar-refractivity contribution in [3.63, 3.8) is 0 Å². The normalized spacial score (nSPS) is 11.0. The van der Waals surface area contributed by atoms with Crippen LogP contribution in [0.1, 0.15) is 32.5 Å². The van der Waals surface area contributed by atoms with Crippen LogP contribution in [0.2, 0.25) is 0 Å². The van der Waals surface area contributed by atoms with E-state index in [0.717, 1.165) is 11.3 Å². The van der Waals surface area contributed by atoms with Crippen LogP contribution in [-0.2, 0) is 26.2 Å². The van der Waals surface area contributed by atoms with Gasteiger partial charge in [0.05, 0.1) is 18.8 Å². The highest BCUT2D eigenvalue weighted by Gasteiger charge is 2.16. The smallest absolute Gasteiger partial charge is 0.273 e. The minimum Gasteiger partial charge on any atom is -0.447 e. The third kappa shape index (κ3) is 6.07. The standard InChI is InChI=1S/C23H21FN4O2S/c24-18-8-6-17(7-9-18)13-28(14-20-5-3-11-31-20)15-22-27-21(16-30-22)23(29)26-12-19-4-1-2-10-25-19/h1-11,16H,12-15H2,(H,26,29). The summed E-state index contributed by atoms with van der Waals surface area (Å²) in [7, 11) is 0. The summed E-state index contributed by atoms with van der Waals surface area (Å²) in [6.07, 6.45) is 3.04. The Hall–Kier alpha value is -3.36. The Morgan fingerprint density at radius 2 is 1.94 bits per heavy atom. The topological polar surface area (TPSA) is 71.3 Å². The lowest BCUT2D eigenvalue weighted by Crippen LogP contribution is -2.24. The predicted octanol–water partition coefficient (Wildman–Crippen LogP) is 4.40. The number of rotatable bonds is 9. The summed E-state index contributed by atoms with van der Waals surface area (Å²) in [5.41, 5.74) is 1.97. The number of thiophene rings is 1. The molecule has 0 aliphatic heterocycles. The van der Waals surface area contributed by atoms with Crippen molar-refractivity contribution in [1.29, 1.82) is 0 Å². The van der Waals surface area contributed by atoms with Gasteiger partial charge in [-0.2, -0.15) is 0 Å². The van der Waals surface area contributed by atoms with Crippen molar-refractivity contribution in [3.8, 4) is 0 Å². The maximum atomic E-state index is 13.2. The number of benzene rings is 1. The molecular formula is C23H21FN4O2S. The highest BCUT2D eigenvalue weighted by Crippen LogP contribution is 2.17. The van der Waals surface area contributed by atoms with Crippen molar-refractivity contribution in [2.75, 3.05) is 0 Å². The van der Waals surface area contributed by atoms with Gasteiger partial charge in [-0.25, -0.2) is 9.37 Å². The fourth-order valence-electron chi connectivity index (χ4n) is 3.08. The van der Waals surface area contributed by atoms with Gasteiger partial charge in [-0.3, -0.25) is 14.7 Å². The fraction of sp³-hybridized carbons (Fsp3) is 0.174. The maximum Gasteiger partial charge on any atom is 0.273 e. The van der Waals surface area contributed by atoms with Crippen LogP contribution in [0, 0.1) is 5.82 Å². The maximum absolute atomic E-state index is 13.2. The number of carbonyl (C=O) groups excluding carboxylic acids is 1. The van der Waals surface area contributed by atoms with Crippen LogP contribution in [0.4, 0.5) is 4.39 Å². The Bertz CT molecular complexity index is 1100. The van der Waals surface area contributed by atoms with Crippen molar-refractivity contribution in [2.45, 2.75) is 26.2 Å². The molecule has 31 heavy (non-hydrogen) atoms. The summed E-state index contributed by atoms with van der Waals surface area (Å²) in [4.78, 5) is 24.3.